The Morgan fingerprint density at radius 1 is 1.26 bits per heavy atom. The Balaban J connectivity index is 2.77. The van der Waals surface area contributed by atoms with Crippen LogP contribution in [0.3, 0.4) is 0 Å². The molecule has 0 bridgehead atoms. The fourth-order valence-corrected chi connectivity index (χ4v) is 2.10. The Labute approximate surface area is 113 Å². The Kier molecular flexibility index (Phi) is 5.98. The van der Waals surface area contributed by atoms with Gasteiger partial charge in [0.1, 0.15) is 5.75 Å². The maximum atomic E-state index is 11.0. The van der Waals surface area contributed by atoms with Gasteiger partial charge in [-0.15, -0.1) is 0 Å². The SMILES string of the molecule is CCCCCCOc1cc(S(=O)(=O)O)ccc1C=O. The summed E-state index contributed by atoms with van der Waals surface area (Å²) in [6.45, 7) is 2.51. The van der Waals surface area contributed by atoms with Crippen molar-refractivity contribution in [2.24, 2.45) is 0 Å². The topological polar surface area (TPSA) is 80.7 Å². The zero-order chi connectivity index (χ0) is 14.3. The monoisotopic (exact) mass is 286 g/mol. The molecule has 106 valence electrons. The highest BCUT2D eigenvalue weighted by Crippen LogP contribution is 2.22. The number of carbonyl (C=O) groups is 1. The van der Waals surface area contributed by atoms with Gasteiger partial charge >= 0.3 is 0 Å². The molecule has 1 rings (SSSR count). The highest BCUT2D eigenvalue weighted by Gasteiger charge is 2.13. The number of aldehydes is 1. The normalized spacial score (nSPS) is 11.3. The van der Waals surface area contributed by atoms with Gasteiger partial charge in [0.05, 0.1) is 17.1 Å². The van der Waals surface area contributed by atoms with E-state index in [4.69, 9.17) is 9.29 Å². The van der Waals surface area contributed by atoms with E-state index < -0.39 is 10.1 Å². The molecular formula is C13H18O5S. The maximum absolute atomic E-state index is 11.0. The first-order valence-electron chi connectivity index (χ1n) is 6.18. The van der Waals surface area contributed by atoms with Crippen LogP contribution >= 0.6 is 0 Å². The summed E-state index contributed by atoms with van der Waals surface area (Å²) < 4.78 is 36.4. The van der Waals surface area contributed by atoms with E-state index in [2.05, 4.69) is 6.92 Å². The summed E-state index contributed by atoms with van der Waals surface area (Å²) in [6.07, 6.45) is 4.66. The first-order valence-corrected chi connectivity index (χ1v) is 7.62. The second-order valence-electron chi connectivity index (χ2n) is 4.20. The average Bonchev–Trinajstić information content (AvgIpc) is 2.37. The molecule has 0 aromatic heterocycles. The fourth-order valence-electron chi connectivity index (χ4n) is 1.61. The summed E-state index contributed by atoms with van der Waals surface area (Å²) in [6, 6.07) is 3.65. The number of hydrogen-bond acceptors (Lipinski definition) is 4. The molecule has 0 aliphatic carbocycles. The molecule has 0 unspecified atom stereocenters. The van der Waals surface area contributed by atoms with Crippen LogP contribution in [0.5, 0.6) is 5.75 Å². The molecule has 5 nitrogen and oxygen atoms in total. The first-order chi connectivity index (χ1) is 8.99. The molecule has 6 heteroatoms. The molecule has 0 amide bonds. The minimum Gasteiger partial charge on any atom is -0.493 e. The quantitative estimate of drug-likeness (QED) is 0.451. The first kappa shape index (κ1) is 15.7. The van der Waals surface area contributed by atoms with Gasteiger partial charge in [-0.3, -0.25) is 9.35 Å². The minimum atomic E-state index is -4.29. The Hall–Kier alpha value is -1.40. The van der Waals surface area contributed by atoms with Gasteiger partial charge in [0.15, 0.2) is 6.29 Å². The van der Waals surface area contributed by atoms with Gasteiger partial charge in [0, 0.05) is 6.07 Å². The van der Waals surface area contributed by atoms with Crippen molar-refractivity contribution in [3.05, 3.63) is 23.8 Å². The number of unbranched alkanes of at least 4 members (excludes halogenated alkanes) is 3. The van der Waals surface area contributed by atoms with E-state index in [1.165, 1.54) is 18.2 Å². The van der Waals surface area contributed by atoms with Gasteiger partial charge in [-0.1, -0.05) is 26.2 Å². The summed E-state index contributed by atoms with van der Waals surface area (Å²) in [5, 5.41) is 0. The lowest BCUT2D eigenvalue weighted by atomic mass is 10.2. The Morgan fingerprint density at radius 3 is 2.58 bits per heavy atom. The molecule has 0 saturated heterocycles. The Morgan fingerprint density at radius 2 is 2.00 bits per heavy atom. The number of benzene rings is 1. The molecule has 1 aromatic carbocycles. The van der Waals surface area contributed by atoms with Crippen LogP contribution in [0.1, 0.15) is 43.0 Å². The molecule has 0 fully saturated rings. The highest BCUT2D eigenvalue weighted by atomic mass is 32.2. The van der Waals surface area contributed by atoms with Gasteiger partial charge in [-0.2, -0.15) is 8.42 Å². The lowest BCUT2D eigenvalue weighted by molar-refractivity contribution is 0.111. The van der Waals surface area contributed by atoms with Gasteiger partial charge in [-0.25, -0.2) is 0 Å². The molecule has 0 saturated carbocycles. The van der Waals surface area contributed by atoms with Crippen molar-refractivity contribution in [2.45, 2.75) is 37.5 Å². The predicted octanol–water partition coefficient (Wildman–Crippen LogP) is 2.70. The van der Waals surface area contributed by atoms with Crippen LogP contribution in [-0.4, -0.2) is 25.9 Å². The van der Waals surface area contributed by atoms with E-state index in [0.717, 1.165) is 25.7 Å². The molecule has 0 aliphatic heterocycles. The van der Waals surface area contributed by atoms with Crippen LogP contribution in [0.25, 0.3) is 0 Å². The number of hydrogen-bond donors (Lipinski definition) is 1. The van der Waals surface area contributed by atoms with Gasteiger partial charge in [0.25, 0.3) is 10.1 Å². The van der Waals surface area contributed by atoms with Crippen molar-refractivity contribution < 1.29 is 22.5 Å². The van der Waals surface area contributed by atoms with Gasteiger partial charge in [-0.05, 0) is 18.6 Å². The fraction of sp³-hybridized carbons (Fsp3) is 0.462. The van der Waals surface area contributed by atoms with Crippen molar-refractivity contribution in [1.82, 2.24) is 0 Å². The zero-order valence-corrected chi connectivity index (χ0v) is 11.6. The molecule has 0 aliphatic rings. The summed E-state index contributed by atoms with van der Waals surface area (Å²) >= 11 is 0. The molecular weight excluding hydrogens is 268 g/mol. The lowest BCUT2D eigenvalue weighted by Crippen LogP contribution is -2.03. The maximum Gasteiger partial charge on any atom is 0.294 e. The van der Waals surface area contributed by atoms with Crippen LogP contribution in [0.2, 0.25) is 0 Å². The Bertz CT molecular complexity index is 522. The number of ether oxygens (including phenoxy) is 1. The van der Waals surface area contributed by atoms with Crippen LogP contribution in [-0.2, 0) is 10.1 Å². The third-order valence-electron chi connectivity index (χ3n) is 2.67. The largest absolute Gasteiger partial charge is 0.493 e. The molecule has 1 N–H and O–H groups in total. The standard InChI is InChI=1S/C13H18O5S/c1-2-3-4-5-8-18-13-9-12(19(15,16)17)7-6-11(13)10-14/h6-7,9-10H,2-5,8H2,1H3,(H,15,16,17). The minimum absolute atomic E-state index is 0.182. The molecule has 0 radical (unpaired) electrons. The van der Waals surface area contributed by atoms with E-state index in [0.29, 0.717) is 12.9 Å². The molecule has 0 atom stereocenters. The predicted molar refractivity (Wildman–Crippen MR) is 71.3 cm³/mol. The second-order valence-corrected chi connectivity index (χ2v) is 5.62. The summed E-state index contributed by atoms with van der Waals surface area (Å²) in [4.78, 5) is 10.6. The summed E-state index contributed by atoms with van der Waals surface area (Å²) in [5.74, 6) is 0.182. The van der Waals surface area contributed by atoms with Crippen molar-refractivity contribution in [3.63, 3.8) is 0 Å². The second kappa shape index (κ2) is 7.25. The van der Waals surface area contributed by atoms with Crippen LogP contribution in [0.15, 0.2) is 23.1 Å². The number of rotatable bonds is 8. The summed E-state index contributed by atoms with van der Waals surface area (Å²) in [7, 11) is -4.29. The third kappa shape index (κ3) is 5.00. The van der Waals surface area contributed by atoms with E-state index in [1.807, 2.05) is 0 Å². The van der Waals surface area contributed by atoms with Crippen molar-refractivity contribution in [1.29, 1.82) is 0 Å². The average molecular weight is 286 g/mol. The van der Waals surface area contributed by atoms with Crippen LogP contribution in [0.4, 0.5) is 0 Å². The third-order valence-corrected chi connectivity index (χ3v) is 3.51. The van der Waals surface area contributed by atoms with E-state index in [-0.39, 0.29) is 16.2 Å². The van der Waals surface area contributed by atoms with Crippen molar-refractivity contribution in [3.8, 4) is 5.75 Å². The van der Waals surface area contributed by atoms with Gasteiger partial charge < -0.3 is 4.74 Å². The van der Waals surface area contributed by atoms with E-state index in [9.17, 15) is 13.2 Å². The van der Waals surface area contributed by atoms with Crippen molar-refractivity contribution in [2.75, 3.05) is 6.61 Å². The smallest absolute Gasteiger partial charge is 0.294 e. The molecule has 0 spiro atoms. The van der Waals surface area contributed by atoms with Crippen LogP contribution in [0, 0.1) is 0 Å². The van der Waals surface area contributed by atoms with E-state index in [1.54, 1.807) is 0 Å². The highest BCUT2D eigenvalue weighted by molar-refractivity contribution is 7.85. The molecule has 19 heavy (non-hydrogen) atoms. The molecule has 0 heterocycles. The van der Waals surface area contributed by atoms with Gasteiger partial charge in [0.2, 0.25) is 0 Å². The number of carbonyl (C=O) groups excluding carboxylic acids is 1. The van der Waals surface area contributed by atoms with E-state index >= 15 is 0 Å². The zero-order valence-electron chi connectivity index (χ0n) is 10.8. The summed E-state index contributed by atoms with van der Waals surface area (Å²) in [5.41, 5.74) is 0.267. The molecule has 1 aromatic rings. The van der Waals surface area contributed by atoms with Crippen molar-refractivity contribution >= 4 is 16.4 Å². The van der Waals surface area contributed by atoms with Crippen LogP contribution < -0.4 is 4.74 Å². The lowest BCUT2D eigenvalue weighted by Gasteiger charge is -2.09.